The van der Waals surface area contributed by atoms with E-state index in [-0.39, 0.29) is 13.2 Å². The Morgan fingerprint density at radius 1 is 1.17 bits per heavy atom. The van der Waals surface area contributed by atoms with Crippen LogP contribution in [0.15, 0.2) is 42.5 Å². The molecule has 0 amide bonds. The summed E-state index contributed by atoms with van der Waals surface area (Å²) >= 11 is 0. The highest BCUT2D eigenvalue weighted by Crippen LogP contribution is 1.99. The van der Waals surface area contributed by atoms with Gasteiger partial charge in [-0.1, -0.05) is 36.4 Å². The average Bonchev–Trinajstić information content (AvgIpc) is 2.38. The fourth-order valence-corrected chi connectivity index (χ4v) is 1.28. The molecular formula is C14H16O4. The van der Waals surface area contributed by atoms with Gasteiger partial charge in [0.1, 0.15) is 0 Å². The largest absolute Gasteiger partial charge is 0.463 e. The number of allylic oxidation sites excluding steroid dienone is 1. The van der Waals surface area contributed by atoms with Gasteiger partial charge in [-0.15, -0.1) is 0 Å². The van der Waals surface area contributed by atoms with Crippen LogP contribution < -0.4 is 0 Å². The summed E-state index contributed by atoms with van der Waals surface area (Å²) in [4.78, 5) is 22.1. The maximum atomic E-state index is 11.2. The number of benzene rings is 1. The van der Waals surface area contributed by atoms with Gasteiger partial charge in [-0.05, 0) is 12.5 Å². The zero-order valence-corrected chi connectivity index (χ0v) is 10.3. The average molecular weight is 248 g/mol. The predicted molar refractivity (Wildman–Crippen MR) is 66.9 cm³/mol. The van der Waals surface area contributed by atoms with Crippen LogP contribution in [0, 0.1) is 0 Å². The van der Waals surface area contributed by atoms with Crippen molar-refractivity contribution in [2.24, 2.45) is 0 Å². The van der Waals surface area contributed by atoms with Crippen LogP contribution in [0.25, 0.3) is 0 Å². The van der Waals surface area contributed by atoms with Crippen LogP contribution in [0.4, 0.5) is 0 Å². The van der Waals surface area contributed by atoms with E-state index >= 15 is 0 Å². The van der Waals surface area contributed by atoms with E-state index < -0.39 is 11.9 Å². The Bertz CT molecular complexity index is 409. The third-order valence-electron chi connectivity index (χ3n) is 2.13. The first kappa shape index (κ1) is 14.0. The lowest BCUT2D eigenvalue weighted by Crippen LogP contribution is -2.16. The van der Waals surface area contributed by atoms with Crippen LogP contribution in [0.5, 0.6) is 0 Å². The first-order valence-corrected chi connectivity index (χ1v) is 5.71. The molecule has 0 aliphatic rings. The van der Waals surface area contributed by atoms with Crippen molar-refractivity contribution < 1.29 is 19.1 Å². The normalized spacial score (nSPS) is 10.3. The lowest BCUT2D eigenvalue weighted by molar-refractivity contribution is -0.156. The van der Waals surface area contributed by atoms with Crippen molar-refractivity contribution in [2.75, 3.05) is 13.2 Å². The quantitative estimate of drug-likeness (QED) is 0.570. The Kier molecular flexibility index (Phi) is 6.25. The molecule has 96 valence electrons. The molecule has 0 atom stereocenters. The molecule has 1 aromatic carbocycles. The molecule has 0 radical (unpaired) electrons. The van der Waals surface area contributed by atoms with Crippen molar-refractivity contribution in [1.82, 2.24) is 0 Å². The Morgan fingerprint density at radius 3 is 2.56 bits per heavy atom. The number of hydrogen-bond acceptors (Lipinski definition) is 4. The predicted octanol–water partition coefficient (Wildman–Crippen LogP) is 1.89. The smallest absolute Gasteiger partial charge is 0.344 e. The summed E-state index contributed by atoms with van der Waals surface area (Å²) in [6.45, 7) is 1.63. The van der Waals surface area contributed by atoms with Gasteiger partial charge in [-0.25, -0.2) is 9.59 Å². The minimum atomic E-state index is -0.544. The summed E-state index contributed by atoms with van der Waals surface area (Å²) in [6.07, 6.45) is 3.44. The molecule has 4 heteroatoms. The molecule has 0 spiro atoms. The number of hydrogen-bond donors (Lipinski definition) is 0. The second kappa shape index (κ2) is 8.06. The van der Waals surface area contributed by atoms with Crippen LogP contribution in [0.1, 0.15) is 12.5 Å². The summed E-state index contributed by atoms with van der Waals surface area (Å²) in [6, 6.07) is 9.70. The monoisotopic (exact) mass is 248 g/mol. The molecule has 0 saturated carbocycles. The Labute approximate surface area is 106 Å². The highest BCUT2D eigenvalue weighted by atomic mass is 16.6. The third-order valence-corrected chi connectivity index (χ3v) is 2.13. The third kappa shape index (κ3) is 5.84. The maximum absolute atomic E-state index is 11.2. The van der Waals surface area contributed by atoms with Gasteiger partial charge in [0.2, 0.25) is 0 Å². The van der Waals surface area contributed by atoms with Gasteiger partial charge in [0.25, 0.3) is 0 Å². The summed E-state index contributed by atoms with van der Waals surface area (Å²) in [7, 11) is 0. The van der Waals surface area contributed by atoms with E-state index in [1.165, 1.54) is 6.08 Å². The molecule has 0 saturated heterocycles. The van der Waals surface area contributed by atoms with E-state index in [0.29, 0.717) is 6.42 Å². The second-order valence-electron chi connectivity index (χ2n) is 3.56. The Balaban J connectivity index is 2.16. The van der Waals surface area contributed by atoms with E-state index in [0.717, 1.165) is 5.56 Å². The Hall–Kier alpha value is -2.10. The lowest BCUT2D eigenvalue weighted by atomic mass is 10.2. The topological polar surface area (TPSA) is 52.6 Å². The fraction of sp³-hybridized carbons (Fsp3) is 0.286. The minimum Gasteiger partial charge on any atom is -0.463 e. The second-order valence-corrected chi connectivity index (χ2v) is 3.56. The van der Waals surface area contributed by atoms with Gasteiger partial charge in [0, 0.05) is 12.5 Å². The number of esters is 2. The number of carbonyl (C=O) groups excluding carboxylic acids is 2. The van der Waals surface area contributed by atoms with Crippen molar-refractivity contribution in [3.8, 4) is 0 Å². The number of rotatable bonds is 6. The molecule has 0 aliphatic carbocycles. The van der Waals surface area contributed by atoms with Gasteiger partial charge in [-0.3, -0.25) is 0 Å². The first-order valence-electron chi connectivity index (χ1n) is 5.71. The van der Waals surface area contributed by atoms with Gasteiger partial charge < -0.3 is 9.47 Å². The van der Waals surface area contributed by atoms with Crippen molar-refractivity contribution in [3.63, 3.8) is 0 Å². The summed E-state index contributed by atoms with van der Waals surface area (Å²) in [5.41, 5.74) is 1.09. The van der Waals surface area contributed by atoms with E-state index in [1.807, 2.05) is 30.3 Å². The van der Waals surface area contributed by atoms with Crippen LogP contribution in [-0.4, -0.2) is 25.2 Å². The van der Waals surface area contributed by atoms with Crippen molar-refractivity contribution in [2.45, 2.75) is 13.3 Å². The highest BCUT2D eigenvalue weighted by Gasteiger charge is 2.05. The van der Waals surface area contributed by atoms with Crippen LogP contribution in [-0.2, 0) is 25.5 Å². The molecule has 0 aliphatic heterocycles. The van der Waals surface area contributed by atoms with Crippen molar-refractivity contribution in [1.29, 1.82) is 0 Å². The molecule has 18 heavy (non-hydrogen) atoms. The van der Waals surface area contributed by atoms with Crippen molar-refractivity contribution in [3.05, 3.63) is 48.0 Å². The van der Waals surface area contributed by atoms with Gasteiger partial charge >= 0.3 is 11.9 Å². The molecule has 0 fully saturated rings. The molecule has 4 nitrogen and oxygen atoms in total. The minimum absolute atomic E-state index is 0.282. The molecular weight excluding hydrogens is 232 g/mol. The SMILES string of the molecule is C/C=C/C(=O)OCC(=O)OCCc1ccccc1. The molecule has 1 rings (SSSR count). The summed E-state index contributed by atoms with van der Waals surface area (Å²) in [5, 5.41) is 0. The number of ether oxygens (including phenoxy) is 2. The molecule has 0 bridgehead atoms. The molecule has 0 heterocycles. The van der Waals surface area contributed by atoms with Crippen LogP contribution >= 0.6 is 0 Å². The number of carbonyl (C=O) groups is 2. The van der Waals surface area contributed by atoms with Gasteiger partial charge in [0.05, 0.1) is 6.61 Å². The molecule has 1 aromatic rings. The lowest BCUT2D eigenvalue weighted by Gasteiger charge is -2.05. The molecule has 0 unspecified atom stereocenters. The van der Waals surface area contributed by atoms with Gasteiger partial charge in [0.15, 0.2) is 6.61 Å². The van der Waals surface area contributed by atoms with E-state index in [9.17, 15) is 9.59 Å². The zero-order valence-electron chi connectivity index (χ0n) is 10.3. The molecule has 0 aromatic heterocycles. The summed E-state index contributed by atoms with van der Waals surface area (Å²) in [5.74, 6) is -1.08. The van der Waals surface area contributed by atoms with Gasteiger partial charge in [-0.2, -0.15) is 0 Å². The van der Waals surface area contributed by atoms with Crippen LogP contribution in [0.3, 0.4) is 0 Å². The van der Waals surface area contributed by atoms with Crippen molar-refractivity contribution >= 4 is 11.9 Å². The van der Waals surface area contributed by atoms with Crippen LogP contribution in [0.2, 0.25) is 0 Å². The zero-order chi connectivity index (χ0) is 13.2. The molecule has 0 N–H and O–H groups in total. The first-order chi connectivity index (χ1) is 8.72. The standard InChI is InChI=1S/C14H16O4/c1-2-6-13(15)18-11-14(16)17-10-9-12-7-4-3-5-8-12/h2-8H,9-11H2,1H3/b6-2+. The van der Waals surface area contributed by atoms with E-state index in [1.54, 1.807) is 13.0 Å². The van der Waals surface area contributed by atoms with E-state index in [4.69, 9.17) is 4.74 Å². The highest BCUT2D eigenvalue weighted by molar-refractivity contribution is 5.84. The van der Waals surface area contributed by atoms with E-state index in [2.05, 4.69) is 4.74 Å². The Morgan fingerprint density at radius 2 is 1.89 bits per heavy atom. The maximum Gasteiger partial charge on any atom is 0.344 e. The summed E-state index contributed by atoms with van der Waals surface area (Å²) < 4.78 is 9.58. The fourth-order valence-electron chi connectivity index (χ4n) is 1.28.